The predicted octanol–water partition coefficient (Wildman–Crippen LogP) is 4.77. The maximum absolute atomic E-state index is 12.0. The average Bonchev–Trinajstić information content (AvgIpc) is 2.73. The minimum Gasteiger partial charge on any atom is -0.352 e. The second kappa shape index (κ2) is 9.34. The molecule has 3 aromatic carbocycles. The highest BCUT2D eigenvalue weighted by Crippen LogP contribution is 2.23. The second-order valence-corrected chi connectivity index (χ2v) is 7.54. The maximum atomic E-state index is 12.0. The fraction of sp³-hybridized carbons (Fsp3) is 0.167. The molecule has 0 aliphatic rings. The maximum Gasteiger partial charge on any atom is 0.253 e. The van der Waals surface area contributed by atoms with Crippen molar-refractivity contribution in [2.45, 2.75) is 13.0 Å². The van der Waals surface area contributed by atoms with Crippen molar-refractivity contribution in [2.75, 3.05) is 19.4 Å². The number of benzene rings is 3. The number of carbonyl (C=O) groups excluding carboxylic acids is 1. The summed E-state index contributed by atoms with van der Waals surface area (Å²) in [5.74, 6) is -0.0271. The standard InChI is InChI=1S/C24H25N3OS/c1-17-9-11-19(12-10-17)22(18-7-5-4-6-8-18)26-24(29)25-21-15-13-20(14-16-21)23(28)27(2)3/h4-16,22H,1-3H3,(H2,25,26,29)/t22-/m1/s1. The number of thiocarbonyl (C=S) groups is 1. The van der Waals surface area contributed by atoms with Crippen molar-refractivity contribution in [1.82, 2.24) is 10.2 Å². The van der Waals surface area contributed by atoms with E-state index in [1.54, 1.807) is 31.1 Å². The number of carbonyl (C=O) groups is 1. The van der Waals surface area contributed by atoms with Gasteiger partial charge in [-0.25, -0.2) is 0 Å². The van der Waals surface area contributed by atoms with E-state index in [0.29, 0.717) is 10.7 Å². The molecule has 0 aromatic heterocycles. The van der Waals surface area contributed by atoms with E-state index >= 15 is 0 Å². The SMILES string of the molecule is Cc1ccc([C@H](NC(=S)Nc2ccc(C(=O)N(C)C)cc2)c2ccccc2)cc1. The Hall–Kier alpha value is -3.18. The summed E-state index contributed by atoms with van der Waals surface area (Å²) in [4.78, 5) is 13.6. The highest BCUT2D eigenvalue weighted by atomic mass is 32.1. The van der Waals surface area contributed by atoms with Crippen LogP contribution in [0.5, 0.6) is 0 Å². The molecule has 3 aromatic rings. The third kappa shape index (κ3) is 5.42. The molecule has 0 saturated carbocycles. The molecule has 0 aliphatic carbocycles. The smallest absolute Gasteiger partial charge is 0.253 e. The first-order valence-electron chi connectivity index (χ1n) is 9.45. The van der Waals surface area contributed by atoms with Crippen LogP contribution < -0.4 is 10.6 Å². The quantitative estimate of drug-likeness (QED) is 0.602. The van der Waals surface area contributed by atoms with Crippen LogP contribution in [0.25, 0.3) is 0 Å². The van der Waals surface area contributed by atoms with Crippen molar-refractivity contribution in [2.24, 2.45) is 0 Å². The van der Waals surface area contributed by atoms with E-state index in [1.165, 1.54) is 5.56 Å². The van der Waals surface area contributed by atoms with Gasteiger partial charge in [0, 0.05) is 25.3 Å². The lowest BCUT2D eigenvalue weighted by Crippen LogP contribution is -2.33. The van der Waals surface area contributed by atoms with E-state index in [1.807, 2.05) is 30.3 Å². The Morgan fingerprint density at radius 1 is 0.862 bits per heavy atom. The number of rotatable bonds is 5. The highest BCUT2D eigenvalue weighted by molar-refractivity contribution is 7.80. The van der Waals surface area contributed by atoms with Crippen LogP contribution in [0.3, 0.4) is 0 Å². The van der Waals surface area contributed by atoms with E-state index in [-0.39, 0.29) is 11.9 Å². The first kappa shape index (κ1) is 20.6. The van der Waals surface area contributed by atoms with Gasteiger partial charge < -0.3 is 15.5 Å². The normalized spacial score (nSPS) is 11.4. The summed E-state index contributed by atoms with van der Waals surface area (Å²) in [6.07, 6.45) is 0. The van der Waals surface area contributed by atoms with Crippen molar-refractivity contribution in [3.8, 4) is 0 Å². The van der Waals surface area contributed by atoms with Crippen LogP contribution in [0.15, 0.2) is 78.9 Å². The summed E-state index contributed by atoms with van der Waals surface area (Å²) < 4.78 is 0. The predicted molar refractivity (Wildman–Crippen MR) is 123 cm³/mol. The molecule has 5 heteroatoms. The molecule has 4 nitrogen and oxygen atoms in total. The number of hydrogen-bond acceptors (Lipinski definition) is 2. The molecule has 1 atom stereocenters. The van der Waals surface area contributed by atoms with E-state index < -0.39 is 0 Å². The second-order valence-electron chi connectivity index (χ2n) is 7.13. The molecule has 1 amide bonds. The van der Waals surface area contributed by atoms with E-state index in [4.69, 9.17) is 12.2 Å². The molecule has 0 heterocycles. The largest absolute Gasteiger partial charge is 0.352 e. The number of amides is 1. The van der Waals surface area contributed by atoms with Gasteiger partial charge in [0.1, 0.15) is 0 Å². The number of anilines is 1. The topological polar surface area (TPSA) is 44.4 Å². The van der Waals surface area contributed by atoms with Gasteiger partial charge in [0.15, 0.2) is 5.11 Å². The molecule has 0 radical (unpaired) electrons. The van der Waals surface area contributed by atoms with Crippen molar-refractivity contribution in [3.05, 3.63) is 101 Å². The molecular formula is C24H25N3OS. The zero-order chi connectivity index (χ0) is 20.8. The number of aryl methyl sites for hydroxylation is 1. The minimum absolute atomic E-state index is 0.0271. The summed E-state index contributed by atoms with van der Waals surface area (Å²) >= 11 is 5.57. The van der Waals surface area contributed by atoms with E-state index in [2.05, 4.69) is 54.0 Å². The molecule has 0 aliphatic heterocycles. The van der Waals surface area contributed by atoms with Crippen molar-refractivity contribution in [1.29, 1.82) is 0 Å². The molecule has 0 bridgehead atoms. The lowest BCUT2D eigenvalue weighted by molar-refractivity contribution is 0.0827. The fourth-order valence-electron chi connectivity index (χ4n) is 3.02. The summed E-state index contributed by atoms with van der Waals surface area (Å²) in [5.41, 5.74) is 4.95. The molecule has 3 rings (SSSR count). The lowest BCUT2D eigenvalue weighted by atomic mass is 9.98. The van der Waals surface area contributed by atoms with E-state index in [9.17, 15) is 4.79 Å². The lowest BCUT2D eigenvalue weighted by Gasteiger charge is -2.22. The van der Waals surface area contributed by atoms with Gasteiger partial charge in [-0.05, 0) is 54.5 Å². The monoisotopic (exact) mass is 403 g/mol. The third-order valence-electron chi connectivity index (χ3n) is 4.61. The Kier molecular flexibility index (Phi) is 6.62. The van der Waals surface area contributed by atoms with Crippen LogP contribution in [0.2, 0.25) is 0 Å². The summed E-state index contributed by atoms with van der Waals surface area (Å²) in [5, 5.41) is 7.15. The van der Waals surface area contributed by atoms with Crippen LogP contribution >= 0.6 is 12.2 Å². The Balaban J connectivity index is 1.75. The van der Waals surface area contributed by atoms with E-state index in [0.717, 1.165) is 16.8 Å². The molecule has 0 saturated heterocycles. The van der Waals surface area contributed by atoms with Gasteiger partial charge in [0.25, 0.3) is 5.91 Å². The summed E-state index contributed by atoms with van der Waals surface area (Å²) in [7, 11) is 3.48. The zero-order valence-electron chi connectivity index (χ0n) is 16.8. The Bertz CT molecular complexity index is 967. The fourth-order valence-corrected chi connectivity index (χ4v) is 3.25. The van der Waals surface area contributed by atoms with Gasteiger partial charge in [0.2, 0.25) is 0 Å². The number of nitrogens with zero attached hydrogens (tertiary/aromatic N) is 1. The van der Waals surface area contributed by atoms with Crippen LogP contribution in [0.4, 0.5) is 5.69 Å². The average molecular weight is 404 g/mol. The molecule has 2 N–H and O–H groups in total. The molecule has 0 spiro atoms. The number of nitrogens with one attached hydrogen (secondary N) is 2. The third-order valence-corrected chi connectivity index (χ3v) is 4.83. The Morgan fingerprint density at radius 2 is 1.45 bits per heavy atom. The van der Waals surface area contributed by atoms with Crippen LogP contribution in [-0.2, 0) is 0 Å². The first-order valence-corrected chi connectivity index (χ1v) is 9.85. The van der Waals surface area contributed by atoms with Crippen molar-refractivity contribution in [3.63, 3.8) is 0 Å². The van der Waals surface area contributed by atoms with Gasteiger partial charge in [-0.15, -0.1) is 0 Å². The van der Waals surface area contributed by atoms with Crippen molar-refractivity contribution < 1.29 is 4.79 Å². The summed E-state index contributed by atoms with van der Waals surface area (Å²) in [6.45, 7) is 2.08. The molecule has 148 valence electrons. The van der Waals surface area contributed by atoms with Crippen LogP contribution in [0.1, 0.15) is 33.1 Å². The first-order chi connectivity index (χ1) is 13.9. The zero-order valence-corrected chi connectivity index (χ0v) is 17.7. The molecular weight excluding hydrogens is 378 g/mol. The van der Waals surface area contributed by atoms with Crippen molar-refractivity contribution >= 4 is 28.9 Å². The molecule has 0 fully saturated rings. The van der Waals surface area contributed by atoms with Gasteiger partial charge in [-0.3, -0.25) is 4.79 Å². The van der Waals surface area contributed by atoms with Gasteiger partial charge in [0.05, 0.1) is 6.04 Å². The molecule has 29 heavy (non-hydrogen) atoms. The minimum atomic E-state index is -0.0635. The Labute approximate surface area is 177 Å². The highest BCUT2D eigenvalue weighted by Gasteiger charge is 2.15. The van der Waals surface area contributed by atoms with Gasteiger partial charge in [-0.1, -0.05) is 60.2 Å². The Morgan fingerprint density at radius 3 is 2.03 bits per heavy atom. The van der Waals surface area contributed by atoms with Gasteiger partial charge in [-0.2, -0.15) is 0 Å². The van der Waals surface area contributed by atoms with Crippen LogP contribution in [-0.4, -0.2) is 30.0 Å². The molecule has 0 unspecified atom stereocenters. The van der Waals surface area contributed by atoms with Gasteiger partial charge >= 0.3 is 0 Å². The van der Waals surface area contributed by atoms with Crippen LogP contribution in [0, 0.1) is 6.92 Å². The summed E-state index contributed by atoms with van der Waals surface area (Å²) in [6, 6.07) is 25.9. The number of hydrogen-bond donors (Lipinski definition) is 2.